The third-order valence-corrected chi connectivity index (χ3v) is 4.78. The Kier molecular flexibility index (Phi) is 5.12. The van der Waals surface area contributed by atoms with E-state index >= 15 is 0 Å². The van der Waals surface area contributed by atoms with Gasteiger partial charge >= 0.3 is 0 Å². The third kappa shape index (κ3) is 3.12. The van der Waals surface area contributed by atoms with E-state index in [2.05, 4.69) is 43.0 Å². The molecule has 0 fully saturated rings. The standard InChI is InChI=1S/C18H28N2O2/c1-6-14-11-16-17(12-15(14)13(2)19-21)20(9-10-22-5)8-7-18(16,3)4/h11-12,21H,6-10H2,1-5H3. The number of hydrogen-bond acceptors (Lipinski definition) is 4. The number of rotatable bonds is 5. The van der Waals surface area contributed by atoms with Crippen molar-refractivity contribution >= 4 is 11.4 Å². The summed E-state index contributed by atoms with van der Waals surface area (Å²) < 4.78 is 5.25. The lowest BCUT2D eigenvalue weighted by atomic mass is 9.76. The van der Waals surface area contributed by atoms with Crippen molar-refractivity contribution in [2.24, 2.45) is 5.16 Å². The number of ether oxygens (including phenoxy) is 1. The van der Waals surface area contributed by atoms with Gasteiger partial charge in [-0.1, -0.05) is 32.0 Å². The Morgan fingerprint density at radius 2 is 2.14 bits per heavy atom. The number of oxime groups is 1. The molecule has 0 saturated carbocycles. The van der Waals surface area contributed by atoms with Crippen LogP contribution in [0.2, 0.25) is 0 Å². The fourth-order valence-corrected chi connectivity index (χ4v) is 3.22. The van der Waals surface area contributed by atoms with Crippen LogP contribution < -0.4 is 4.90 Å². The van der Waals surface area contributed by atoms with Gasteiger partial charge in [-0.2, -0.15) is 0 Å². The maximum Gasteiger partial charge on any atom is 0.0840 e. The molecule has 2 rings (SSSR count). The van der Waals surface area contributed by atoms with Crippen molar-refractivity contribution in [2.45, 2.75) is 46.0 Å². The molecule has 0 unspecified atom stereocenters. The summed E-state index contributed by atoms with van der Waals surface area (Å²) in [6.07, 6.45) is 2.07. The zero-order valence-corrected chi connectivity index (χ0v) is 14.4. The highest BCUT2D eigenvalue weighted by atomic mass is 16.5. The zero-order valence-electron chi connectivity index (χ0n) is 14.4. The molecule has 122 valence electrons. The summed E-state index contributed by atoms with van der Waals surface area (Å²) >= 11 is 0. The normalized spacial score (nSPS) is 17.5. The lowest BCUT2D eigenvalue weighted by molar-refractivity contribution is 0.204. The summed E-state index contributed by atoms with van der Waals surface area (Å²) in [5.74, 6) is 0. The number of hydrogen-bond donors (Lipinski definition) is 1. The molecule has 0 aliphatic carbocycles. The van der Waals surface area contributed by atoms with E-state index < -0.39 is 0 Å². The van der Waals surface area contributed by atoms with E-state index in [0.717, 1.165) is 38.1 Å². The second-order valence-electron chi connectivity index (χ2n) is 6.68. The zero-order chi connectivity index (χ0) is 16.3. The van der Waals surface area contributed by atoms with Crippen LogP contribution >= 0.6 is 0 Å². The van der Waals surface area contributed by atoms with Gasteiger partial charge in [0.05, 0.1) is 12.3 Å². The predicted molar refractivity (Wildman–Crippen MR) is 91.5 cm³/mol. The van der Waals surface area contributed by atoms with Gasteiger partial charge in [0, 0.05) is 31.5 Å². The van der Waals surface area contributed by atoms with Crippen LogP contribution in [0.3, 0.4) is 0 Å². The van der Waals surface area contributed by atoms with Gasteiger partial charge in [0.2, 0.25) is 0 Å². The van der Waals surface area contributed by atoms with Crippen molar-refractivity contribution in [3.63, 3.8) is 0 Å². The molecule has 0 bridgehead atoms. The molecule has 1 heterocycles. The monoisotopic (exact) mass is 304 g/mol. The van der Waals surface area contributed by atoms with Crippen molar-refractivity contribution in [2.75, 3.05) is 31.7 Å². The summed E-state index contributed by atoms with van der Waals surface area (Å²) in [7, 11) is 1.74. The van der Waals surface area contributed by atoms with Crippen molar-refractivity contribution < 1.29 is 9.94 Å². The fourth-order valence-electron chi connectivity index (χ4n) is 3.22. The Hall–Kier alpha value is -1.55. The quantitative estimate of drug-likeness (QED) is 0.514. The number of anilines is 1. The first-order valence-corrected chi connectivity index (χ1v) is 8.05. The fraction of sp³-hybridized carbons (Fsp3) is 0.611. The molecule has 1 aromatic carbocycles. The van der Waals surface area contributed by atoms with Crippen molar-refractivity contribution in [1.29, 1.82) is 0 Å². The molecule has 0 spiro atoms. The molecule has 1 aliphatic rings. The summed E-state index contributed by atoms with van der Waals surface area (Å²) in [6.45, 7) is 11.3. The Bertz CT molecular complexity index is 564. The molecule has 4 nitrogen and oxygen atoms in total. The van der Waals surface area contributed by atoms with E-state index in [1.807, 2.05) is 6.92 Å². The van der Waals surface area contributed by atoms with Crippen LogP contribution in [0.1, 0.15) is 50.8 Å². The average Bonchev–Trinajstić information content (AvgIpc) is 2.52. The molecular weight excluding hydrogens is 276 g/mol. The number of methoxy groups -OCH3 is 1. The average molecular weight is 304 g/mol. The first kappa shape index (κ1) is 16.8. The highest BCUT2D eigenvalue weighted by Crippen LogP contribution is 2.41. The minimum atomic E-state index is 0.172. The molecule has 0 aromatic heterocycles. The molecule has 4 heteroatoms. The molecule has 0 radical (unpaired) electrons. The molecule has 0 amide bonds. The highest BCUT2D eigenvalue weighted by molar-refractivity contribution is 6.00. The SMILES string of the molecule is CCc1cc2c(cc1C(C)=NO)N(CCOC)CCC2(C)C. The second kappa shape index (κ2) is 6.69. The van der Waals surface area contributed by atoms with Crippen molar-refractivity contribution in [1.82, 2.24) is 0 Å². The molecular formula is C18H28N2O2. The van der Waals surface area contributed by atoms with Crippen LogP contribution in [0, 0.1) is 0 Å². The molecule has 0 saturated heterocycles. The number of fused-ring (bicyclic) bond motifs is 1. The van der Waals surface area contributed by atoms with E-state index in [1.165, 1.54) is 16.8 Å². The lowest BCUT2D eigenvalue weighted by Crippen LogP contribution is -2.39. The highest BCUT2D eigenvalue weighted by Gasteiger charge is 2.32. The van der Waals surface area contributed by atoms with Crippen LogP contribution in [0.15, 0.2) is 17.3 Å². The van der Waals surface area contributed by atoms with Gasteiger partial charge in [-0.3, -0.25) is 0 Å². The van der Waals surface area contributed by atoms with Gasteiger partial charge in [0.15, 0.2) is 0 Å². The lowest BCUT2D eigenvalue weighted by Gasteiger charge is -2.41. The first-order valence-electron chi connectivity index (χ1n) is 8.05. The van der Waals surface area contributed by atoms with E-state index in [-0.39, 0.29) is 5.41 Å². The third-order valence-electron chi connectivity index (χ3n) is 4.78. The summed E-state index contributed by atoms with van der Waals surface area (Å²) in [5, 5.41) is 12.6. The topological polar surface area (TPSA) is 45.1 Å². The van der Waals surface area contributed by atoms with E-state index in [0.29, 0.717) is 5.71 Å². The molecule has 22 heavy (non-hydrogen) atoms. The Labute approximate surface area is 133 Å². The number of aryl methyl sites for hydroxylation is 1. The number of nitrogens with zero attached hydrogens (tertiary/aromatic N) is 2. The van der Waals surface area contributed by atoms with Gasteiger partial charge in [-0.05, 0) is 42.4 Å². The molecule has 1 aliphatic heterocycles. The van der Waals surface area contributed by atoms with Gasteiger partial charge in [0.1, 0.15) is 0 Å². The molecule has 1 N–H and O–H groups in total. The predicted octanol–water partition coefficient (Wildman–Crippen LogP) is 3.58. The van der Waals surface area contributed by atoms with E-state index in [1.54, 1.807) is 7.11 Å². The first-order chi connectivity index (χ1) is 10.4. The summed E-state index contributed by atoms with van der Waals surface area (Å²) in [4.78, 5) is 2.39. The number of benzene rings is 1. The van der Waals surface area contributed by atoms with Gasteiger partial charge in [-0.25, -0.2) is 0 Å². The van der Waals surface area contributed by atoms with Crippen LogP contribution in [-0.2, 0) is 16.6 Å². The maximum absolute atomic E-state index is 9.18. The minimum absolute atomic E-state index is 0.172. The van der Waals surface area contributed by atoms with E-state index in [9.17, 15) is 5.21 Å². The summed E-state index contributed by atoms with van der Waals surface area (Å²) in [6, 6.07) is 4.50. The maximum atomic E-state index is 9.18. The molecule has 0 atom stereocenters. The minimum Gasteiger partial charge on any atom is -0.411 e. The smallest absolute Gasteiger partial charge is 0.0840 e. The van der Waals surface area contributed by atoms with Crippen molar-refractivity contribution in [3.05, 3.63) is 28.8 Å². The van der Waals surface area contributed by atoms with Gasteiger partial charge in [-0.15, -0.1) is 0 Å². The Morgan fingerprint density at radius 3 is 2.73 bits per heavy atom. The van der Waals surface area contributed by atoms with Crippen LogP contribution in [-0.4, -0.2) is 37.7 Å². The largest absolute Gasteiger partial charge is 0.411 e. The van der Waals surface area contributed by atoms with Crippen LogP contribution in [0.25, 0.3) is 0 Å². The van der Waals surface area contributed by atoms with Gasteiger partial charge in [0.25, 0.3) is 0 Å². The van der Waals surface area contributed by atoms with E-state index in [4.69, 9.17) is 4.74 Å². The second-order valence-corrected chi connectivity index (χ2v) is 6.68. The van der Waals surface area contributed by atoms with Gasteiger partial charge < -0.3 is 14.8 Å². The Balaban J connectivity index is 2.56. The van der Waals surface area contributed by atoms with Crippen LogP contribution in [0.5, 0.6) is 0 Å². The van der Waals surface area contributed by atoms with Crippen LogP contribution in [0.4, 0.5) is 5.69 Å². The molecule has 1 aromatic rings. The van der Waals surface area contributed by atoms with Crippen molar-refractivity contribution in [3.8, 4) is 0 Å². The Morgan fingerprint density at radius 1 is 1.41 bits per heavy atom. The summed E-state index contributed by atoms with van der Waals surface area (Å²) in [5.41, 5.74) is 5.78.